The highest BCUT2D eigenvalue weighted by atomic mass is 79.9. The Labute approximate surface area is 97.9 Å². The summed E-state index contributed by atoms with van der Waals surface area (Å²) in [4.78, 5) is 4.38. The maximum Gasteiger partial charge on any atom is 0.213 e. The summed E-state index contributed by atoms with van der Waals surface area (Å²) in [6.45, 7) is 0. The molecule has 0 aliphatic carbocycles. The molecule has 0 radical (unpaired) electrons. The lowest BCUT2D eigenvalue weighted by atomic mass is 10.1. The summed E-state index contributed by atoms with van der Waals surface area (Å²) in [6.07, 6.45) is 2.58. The maximum absolute atomic E-state index is 5.83. The molecule has 15 heavy (non-hydrogen) atoms. The topological polar surface area (TPSA) is 31.4 Å². The third-order valence-corrected chi connectivity index (χ3v) is 3.29. The molecule has 82 valence electrons. The van der Waals surface area contributed by atoms with E-state index >= 15 is 0 Å². The van der Waals surface area contributed by atoms with Gasteiger partial charge in [0.25, 0.3) is 0 Å². The molecule has 0 saturated carbocycles. The van der Waals surface area contributed by atoms with Gasteiger partial charge in [-0.05, 0) is 18.9 Å². The number of pyridine rings is 1. The van der Waals surface area contributed by atoms with Gasteiger partial charge in [0.2, 0.25) is 5.88 Å². The predicted molar refractivity (Wildman–Crippen MR) is 61.4 cm³/mol. The van der Waals surface area contributed by atoms with Crippen molar-refractivity contribution in [3.05, 3.63) is 23.9 Å². The van der Waals surface area contributed by atoms with Gasteiger partial charge in [-0.15, -0.1) is 0 Å². The van der Waals surface area contributed by atoms with E-state index in [1.165, 1.54) is 0 Å². The molecule has 0 N–H and O–H groups in total. The third kappa shape index (κ3) is 2.49. The Morgan fingerprint density at radius 1 is 1.53 bits per heavy atom. The van der Waals surface area contributed by atoms with Crippen molar-refractivity contribution in [2.24, 2.45) is 0 Å². The first kappa shape index (κ1) is 10.9. The summed E-state index contributed by atoms with van der Waals surface area (Å²) < 4.78 is 10.9. The predicted octanol–water partition coefficient (Wildman–Crippen LogP) is 2.71. The monoisotopic (exact) mass is 271 g/mol. The highest BCUT2D eigenvalue weighted by Gasteiger charge is 2.26. The Balaban J connectivity index is 2.09. The SMILES string of the molecule is COc1cccc(C2CCC(CBr)O2)n1. The van der Waals surface area contributed by atoms with Crippen LogP contribution in [0.25, 0.3) is 0 Å². The van der Waals surface area contributed by atoms with Crippen LogP contribution in [0.5, 0.6) is 5.88 Å². The normalized spacial score (nSPS) is 25.5. The van der Waals surface area contributed by atoms with Crippen LogP contribution in [0.3, 0.4) is 0 Å². The number of hydrogen-bond donors (Lipinski definition) is 0. The average molecular weight is 272 g/mol. The standard InChI is InChI=1S/C11H14BrNO2/c1-14-11-4-2-3-9(13-11)10-6-5-8(7-12)15-10/h2-4,8,10H,5-7H2,1H3. The molecular weight excluding hydrogens is 258 g/mol. The summed E-state index contributed by atoms with van der Waals surface area (Å²) in [5, 5.41) is 0.896. The molecule has 1 saturated heterocycles. The molecule has 2 rings (SSSR count). The fourth-order valence-electron chi connectivity index (χ4n) is 1.76. The number of methoxy groups -OCH3 is 1. The maximum atomic E-state index is 5.83. The second-order valence-electron chi connectivity index (χ2n) is 3.58. The molecule has 2 unspecified atom stereocenters. The Hall–Kier alpha value is -0.610. The van der Waals surface area contributed by atoms with Gasteiger partial charge >= 0.3 is 0 Å². The number of halogens is 1. The summed E-state index contributed by atoms with van der Waals surface area (Å²) in [6, 6.07) is 5.79. The van der Waals surface area contributed by atoms with E-state index in [1.54, 1.807) is 7.11 Å². The Morgan fingerprint density at radius 2 is 2.40 bits per heavy atom. The Kier molecular flexibility index (Phi) is 3.59. The third-order valence-electron chi connectivity index (χ3n) is 2.56. The number of aromatic nitrogens is 1. The van der Waals surface area contributed by atoms with E-state index in [4.69, 9.17) is 9.47 Å². The molecule has 2 heterocycles. The molecule has 3 nitrogen and oxygen atoms in total. The lowest BCUT2D eigenvalue weighted by Crippen LogP contribution is -2.08. The highest BCUT2D eigenvalue weighted by Crippen LogP contribution is 2.32. The molecule has 0 amide bonds. The van der Waals surface area contributed by atoms with Crippen molar-refractivity contribution < 1.29 is 9.47 Å². The molecule has 1 fully saturated rings. The fourth-order valence-corrected chi connectivity index (χ4v) is 2.24. The number of hydrogen-bond acceptors (Lipinski definition) is 3. The quantitative estimate of drug-likeness (QED) is 0.793. The van der Waals surface area contributed by atoms with Crippen molar-refractivity contribution >= 4 is 15.9 Å². The molecular formula is C11H14BrNO2. The van der Waals surface area contributed by atoms with Gasteiger partial charge in [0.1, 0.15) is 6.10 Å². The van der Waals surface area contributed by atoms with Crippen LogP contribution in [0.15, 0.2) is 18.2 Å². The minimum Gasteiger partial charge on any atom is -0.481 e. The zero-order chi connectivity index (χ0) is 10.7. The Bertz CT molecular complexity index is 332. The van der Waals surface area contributed by atoms with Crippen molar-refractivity contribution in [2.75, 3.05) is 12.4 Å². The van der Waals surface area contributed by atoms with Gasteiger partial charge in [0, 0.05) is 11.4 Å². The summed E-state index contributed by atoms with van der Waals surface area (Å²) in [7, 11) is 1.63. The lowest BCUT2D eigenvalue weighted by Gasteiger charge is -2.11. The lowest BCUT2D eigenvalue weighted by molar-refractivity contribution is 0.0559. The zero-order valence-electron chi connectivity index (χ0n) is 8.65. The van der Waals surface area contributed by atoms with E-state index in [0.29, 0.717) is 12.0 Å². The highest BCUT2D eigenvalue weighted by molar-refractivity contribution is 9.09. The van der Waals surface area contributed by atoms with E-state index in [-0.39, 0.29) is 6.10 Å². The smallest absolute Gasteiger partial charge is 0.213 e. The van der Waals surface area contributed by atoms with Gasteiger partial charge in [-0.1, -0.05) is 22.0 Å². The van der Waals surface area contributed by atoms with Gasteiger partial charge in [0.05, 0.1) is 18.9 Å². The molecule has 1 aliphatic rings. The molecule has 0 bridgehead atoms. The van der Waals surface area contributed by atoms with Crippen LogP contribution in [-0.4, -0.2) is 23.5 Å². The van der Waals surface area contributed by atoms with E-state index in [2.05, 4.69) is 20.9 Å². The zero-order valence-corrected chi connectivity index (χ0v) is 10.2. The first-order valence-electron chi connectivity index (χ1n) is 5.06. The van der Waals surface area contributed by atoms with E-state index in [0.717, 1.165) is 23.9 Å². The second kappa shape index (κ2) is 4.94. The van der Waals surface area contributed by atoms with Gasteiger partial charge in [-0.3, -0.25) is 0 Å². The Morgan fingerprint density at radius 3 is 3.07 bits per heavy atom. The van der Waals surface area contributed by atoms with Crippen LogP contribution in [0.4, 0.5) is 0 Å². The van der Waals surface area contributed by atoms with Gasteiger partial charge in [0.15, 0.2) is 0 Å². The van der Waals surface area contributed by atoms with Crippen LogP contribution in [-0.2, 0) is 4.74 Å². The van der Waals surface area contributed by atoms with Crippen LogP contribution in [0, 0.1) is 0 Å². The summed E-state index contributed by atoms with van der Waals surface area (Å²) in [5.41, 5.74) is 0.970. The number of alkyl halides is 1. The van der Waals surface area contributed by atoms with Crippen LogP contribution >= 0.6 is 15.9 Å². The second-order valence-corrected chi connectivity index (χ2v) is 4.23. The molecule has 1 aliphatic heterocycles. The van der Waals surface area contributed by atoms with Crippen molar-refractivity contribution in [2.45, 2.75) is 25.0 Å². The van der Waals surface area contributed by atoms with Crippen LogP contribution in [0.2, 0.25) is 0 Å². The number of rotatable bonds is 3. The molecule has 2 atom stereocenters. The minimum absolute atomic E-state index is 0.127. The molecule has 4 heteroatoms. The van der Waals surface area contributed by atoms with E-state index in [9.17, 15) is 0 Å². The molecule has 1 aromatic heterocycles. The van der Waals surface area contributed by atoms with Gasteiger partial charge in [-0.2, -0.15) is 0 Å². The van der Waals surface area contributed by atoms with Crippen molar-refractivity contribution in [3.63, 3.8) is 0 Å². The first-order valence-corrected chi connectivity index (χ1v) is 6.18. The van der Waals surface area contributed by atoms with Gasteiger partial charge < -0.3 is 9.47 Å². The largest absolute Gasteiger partial charge is 0.481 e. The summed E-state index contributed by atoms with van der Waals surface area (Å²) in [5.74, 6) is 0.651. The molecule has 0 spiro atoms. The van der Waals surface area contributed by atoms with Crippen LogP contribution in [0.1, 0.15) is 24.6 Å². The van der Waals surface area contributed by atoms with Gasteiger partial charge in [-0.25, -0.2) is 4.98 Å². The van der Waals surface area contributed by atoms with Crippen molar-refractivity contribution in [1.29, 1.82) is 0 Å². The van der Waals surface area contributed by atoms with Crippen molar-refractivity contribution in [1.82, 2.24) is 4.98 Å². The minimum atomic E-state index is 0.127. The first-order chi connectivity index (χ1) is 7.33. The number of ether oxygens (including phenoxy) is 2. The van der Waals surface area contributed by atoms with Crippen LogP contribution < -0.4 is 4.74 Å². The van der Waals surface area contributed by atoms with E-state index in [1.807, 2.05) is 18.2 Å². The van der Waals surface area contributed by atoms with Crippen molar-refractivity contribution in [3.8, 4) is 5.88 Å². The number of nitrogens with zero attached hydrogens (tertiary/aromatic N) is 1. The molecule has 1 aromatic rings. The molecule has 0 aromatic carbocycles. The fraction of sp³-hybridized carbons (Fsp3) is 0.545. The summed E-state index contributed by atoms with van der Waals surface area (Å²) >= 11 is 3.43. The average Bonchev–Trinajstić information content (AvgIpc) is 2.78. The van der Waals surface area contributed by atoms with E-state index < -0.39 is 0 Å².